The van der Waals surface area contributed by atoms with E-state index in [0.717, 1.165) is 23.2 Å². The molecule has 0 radical (unpaired) electrons. The number of aliphatic hydroxyl groups excluding tert-OH is 1. The van der Waals surface area contributed by atoms with Crippen LogP contribution in [0, 0.1) is 6.92 Å². The predicted molar refractivity (Wildman–Crippen MR) is 136 cm³/mol. The van der Waals surface area contributed by atoms with Gasteiger partial charge >= 0.3 is 0 Å². The van der Waals surface area contributed by atoms with Gasteiger partial charge in [0.2, 0.25) is 5.13 Å². The van der Waals surface area contributed by atoms with Crippen molar-refractivity contribution in [1.29, 1.82) is 0 Å². The van der Waals surface area contributed by atoms with Crippen molar-refractivity contribution < 1.29 is 14.6 Å². The van der Waals surface area contributed by atoms with Gasteiger partial charge in [0, 0.05) is 28.3 Å². The molecule has 35 heavy (non-hydrogen) atoms. The van der Waals surface area contributed by atoms with Gasteiger partial charge in [0.25, 0.3) is 5.91 Å². The number of carbonyl (C=O) groups excluding carboxylic acids is 1. The van der Waals surface area contributed by atoms with Gasteiger partial charge in [-0.05, 0) is 36.6 Å². The summed E-state index contributed by atoms with van der Waals surface area (Å²) < 4.78 is 6.10. The number of hydrogen-bond acceptors (Lipinski definition) is 9. The molecule has 0 saturated carbocycles. The lowest BCUT2D eigenvalue weighted by atomic mass is 10.0. The lowest BCUT2D eigenvalue weighted by Gasteiger charge is -2.13. The summed E-state index contributed by atoms with van der Waals surface area (Å²) in [5, 5.41) is 22.4. The second-order valence-electron chi connectivity index (χ2n) is 7.91. The Morgan fingerprint density at radius 3 is 2.83 bits per heavy atom. The number of ether oxygens (including phenoxy) is 1. The van der Waals surface area contributed by atoms with E-state index in [2.05, 4.69) is 25.5 Å². The molecule has 0 bridgehead atoms. The molecule has 1 amide bonds. The summed E-state index contributed by atoms with van der Waals surface area (Å²) in [4.78, 5) is 21.6. The number of methoxy groups -OCH3 is 1. The maximum Gasteiger partial charge on any atom is 0.259 e. The molecular formula is C24H20ClN5O3S2. The number of pyridine rings is 2. The zero-order valence-electron chi connectivity index (χ0n) is 18.7. The number of thioether (sulfide) groups is 1. The standard InChI is InChI=1S/C24H20ClN5O3S2/c1-12-7-15(16-9-20(25)27-11-18(16)33-2)17(10-26-12)22(32)28-23-29-30-24(35-23)34-19-8-13-5-3-4-6-14(13)21(19)31/h3-7,9-11,19,21,31H,8H2,1-2H3,(H,28,29,32)/t19-,21-/m1/s1. The molecule has 4 aromatic rings. The average Bonchev–Trinajstić information content (AvgIpc) is 3.42. The number of aliphatic hydroxyl groups is 1. The van der Waals surface area contributed by atoms with Crippen LogP contribution in [0.3, 0.4) is 0 Å². The summed E-state index contributed by atoms with van der Waals surface area (Å²) in [5.74, 6) is 0.100. The number of aromatic nitrogens is 4. The van der Waals surface area contributed by atoms with E-state index in [-0.39, 0.29) is 16.3 Å². The number of nitrogens with one attached hydrogen (secondary N) is 1. The molecule has 0 fully saturated rings. The summed E-state index contributed by atoms with van der Waals surface area (Å²) in [6.07, 6.45) is 3.20. The molecule has 0 saturated heterocycles. The van der Waals surface area contributed by atoms with E-state index < -0.39 is 6.10 Å². The molecule has 8 nitrogen and oxygen atoms in total. The molecule has 1 aliphatic carbocycles. The van der Waals surface area contributed by atoms with Crippen LogP contribution < -0.4 is 10.1 Å². The van der Waals surface area contributed by atoms with E-state index in [1.807, 2.05) is 31.2 Å². The molecule has 1 aliphatic rings. The highest BCUT2D eigenvalue weighted by Crippen LogP contribution is 2.42. The molecule has 0 spiro atoms. The minimum absolute atomic E-state index is 0.0549. The number of fused-ring (bicyclic) bond motifs is 1. The topological polar surface area (TPSA) is 110 Å². The van der Waals surface area contributed by atoms with Gasteiger partial charge in [-0.1, -0.05) is 59.0 Å². The quantitative estimate of drug-likeness (QED) is 0.268. The Labute approximate surface area is 214 Å². The normalized spacial score (nSPS) is 16.7. The van der Waals surface area contributed by atoms with Crippen molar-refractivity contribution in [2.45, 2.75) is 29.0 Å². The molecule has 2 N–H and O–H groups in total. The maximum atomic E-state index is 13.2. The number of halogens is 1. The van der Waals surface area contributed by atoms with Crippen molar-refractivity contribution in [3.05, 3.63) is 76.3 Å². The molecule has 0 aliphatic heterocycles. The van der Waals surface area contributed by atoms with Crippen LogP contribution in [0.2, 0.25) is 5.15 Å². The summed E-state index contributed by atoms with van der Waals surface area (Å²) >= 11 is 8.84. The van der Waals surface area contributed by atoms with Gasteiger partial charge in [0.05, 0.1) is 25.0 Å². The number of amides is 1. The fourth-order valence-electron chi connectivity index (χ4n) is 4.00. The number of aryl methyl sites for hydroxylation is 1. The van der Waals surface area contributed by atoms with Crippen LogP contribution in [-0.4, -0.2) is 43.5 Å². The fraction of sp³-hybridized carbons (Fsp3) is 0.208. The van der Waals surface area contributed by atoms with Crippen LogP contribution in [-0.2, 0) is 6.42 Å². The summed E-state index contributed by atoms with van der Waals surface area (Å²) in [6.45, 7) is 1.84. The smallest absolute Gasteiger partial charge is 0.259 e. The van der Waals surface area contributed by atoms with Crippen molar-refractivity contribution in [2.75, 3.05) is 12.4 Å². The first-order valence-electron chi connectivity index (χ1n) is 10.7. The molecule has 3 heterocycles. The van der Waals surface area contributed by atoms with Gasteiger partial charge in [0.15, 0.2) is 4.34 Å². The fourth-order valence-corrected chi connectivity index (χ4v) is 6.32. The highest BCUT2D eigenvalue weighted by molar-refractivity contribution is 8.01. The highest BCUT2D eigenvalue weighted by Gasteiger charge is 2.32. The minimum Gasteiger partial charge on any atom is -0.494 e. The number of rotatable bonds is 6. The Balaban J connectivity index is 1.35. The van der Waals surface area contributed by atoms with E-state index in [1.54, 1.807) is 12.1 Å². The van der Waals surface area contributed by atoms with E-state index in [9.17, 15) is 9.90 Å². The van der Waals surface area contributed by atoms with Crippen LogP contribution in [0.4, 0.5) is 5.13 Å². The number of benzene rings is 1. The number of nitrogens with zero attached hydrogens (tertiary/aromatic N) is 4. The third-order valence-corrected chi connectivity index (χ3v) is 8.04. The van der Waals surface area contributed by atoms with E-state index in [1.165, 1.54) is 42.6 Å². The first-order valence-corrected chi connectivity index (χ1v) is 12.7. The third kappa shape index (κ3) is 4.87. The number of hydrogen-bond donors (Lipinski definition) is 2. The monoisotopic (exact) mass is 525 g/mol. The molecule has 3 aromatic heterocycles. The molecule has 0 unspecified atom stereocenters. The lowest BCUT2D eigenvalue weighted by molar-refractivity contribution is 0.102. The molecule has 11 heteroatoms. The lowest BCUT2D eigenvalue weighted by Crippen LogP contribution is -2.14. The Kier molecular flexibility index (Phi) is 6.70. The largest absolute Gasteiger partial charge is 0.494 e. The zero-order chi connectivity index (χ0) is 24.5. The molecule has 178 valence electrons. The first kappa shape index (κ1) is 23.7. The van der Waals surface area contributed by atoms with Crippen molar-refractivity contribution in [2.24, 2.45) is 0 Å². The molecule has 1 aromatic carbocycles. The number of carbonyl (C=O) groups is 1. The Hall–Kier alpha value is -3.05. The Bertz CT molecular complexity index is 1410. The third-order valence-electron chi connectivity index (χ3n) is 5.66. The molecule has 5 rings (SSSR count). The van der Waals surface area contributed by atoms with Crippen LogP contribution in [0.5, 0.6) is 5.75 Å². The second kappa shape index (κ2) is 9.90. The predicted octanol–water partition coefficient (Wildman–Crippen LogP) is 4.97. The van der Waals surface area contributed by atoms with Crippen LogP contribution >= 0.6 is 34.7 Å². The summed E-state index contributed by atoms with van der Waals surface area (Å²) in [7, 11) is 1.53. The van der Waals surface area contributed by atoms with Gasteiger partial charge in [-0.3, -0.25) is 15.1 Å². The maximum absolute atomic E-state index is 13.2. The SMILES string of the molecule is COc1cnc(Cl)cc1-c1cc(C)ncc1C(=O)Nc1nnc(S[C@@H]2Cc3ccccc3[C@H]2O)s1. The van der Waals surface area contributed by atoms with Gasteiger partial charge in [-0.15, -0.1) is 10.2 Å². The Morgan fingerprint density at radius 2 is 2.03 bits per heavy atom. The van der Waals surface area contributed by atoms with E-state index in [0.29, 0.717) is 31.9 Å². The highest BCUT2D eigenvalue weighted by atomic mass is 35.5. The van der Waals surface area contributed by atoms with Gasteiger partial charge in [-0.2, -0.15) is 0 Å². The van der Waals surface area contributed by atoms with Crippen molar-refractivity contribution in [1.82, 2.24) is 20.2 Å². The van der Waals surface area contributed by atoms with Gasteiger partial charge in [0.1, 0.15) is 10.9 Å². The van der Waals surface area contributed by atoms with Crippen molar-refractivity contribution >= 4 is 45.7 Å². The van der Waals surface area contributed by atoms with Gasteiger partial charge < -0.3 is 9.84 Å². The average molecular weight is 526 g/mol. The summed E-state index contributed by atoms with van der Waals surface area (Å²) in [5.41, 5.74) is 4.41. The van der Waals surface area contributed by atoms with Crippen LogP contribution in [0.15, 0.2) is 53.1 Å². The van der Waals surface area contributed by atoms with Crippen LogP contribution in [0.1, 0.15) is 33.3 Å². The van der Waals surface area contributed by atoms with Crippen molar-refractivity contribution in [3.63, 3.8) is 0 Å². The first-order chi connectivity index (χ1) is 16.9. The zero-order valence-corrected chi connectivity index (χ0v) is 21.1. The van der Waals surface area contributed by atoms with Crippen molar-refractivity contribution in [3.8, 4) is 16.9 Å². The second-order valence-corrected chi connectivity index (χ2v) is 10.8. The van der Waals surface area contributed by atoms with Gasteiger partial charge in [-0.25, -0.2) is 4.98 Å². The van der Waals surface area contributed by atoms with E-state index in [4.69, 9.17) is 16.3 Å². The molecule has 2 atom stereocenters. The number of anilines is 1. The van der Waals surface area contributed by atoms with Crippen LogP contribution in [0.25, 0.3) is 11.1 Å². The summed E-state index contributed by atoms with van der Waals surface area (Å²) in [6, 6.07) is 11.3. The van der Waals surface area contributed by atoms with E-state index >= 15 is 0 Å². The Morgan fingerprint density at radius 1 is 1.20 bits per heavy atom. The minimum atomic E-state index is -0.568. The molecular weight excluding hydrogens is 506 g/mol.